The van der Waals surface area contributed by atoms with Gasteiger partial charge in [0, 0.05) is 19.1 Å². The van der Waals surface area contributed by atoms with Crippen molar-refractivity contribution in [2.45, 2.75) is 38.6 Å². The summed E-state index contributed by atoms with van der Waals surface area (Å²) in [6.45, 7) is 6.72. The van der Waals surface area contributed by atoms with Crippen molar-refractivity contribution in [1.29, 1.82) is 0 Å². The van der Waals surface area contributed by atoms with Gasteiger partial charge in [-0.25, -0.2) is 12.7 Å². The molecule has 1 heterocycles. The minimum atomic E-state index is -3.03. The van der Waals surface area contributed by atoms with E-state index >= 15 is 0 Å². The van der Waals surface area contributed by atoms with E-state index in [4.69, 9.17) is 0 Å². The Morgan fingerprint density at radius 3 is 2.82 bits per heavy atom. The van der Waals surface area contributed by atoms with Crippen LogP contribution in [0, 0.1) is 12.8 Å². The molecule has 4 nitrogen and oxygen atoms in total. The van der Waals surface area contributed by atoms with Crippen molar-refractivity contribution >= 4 is 10.0 Å². The molecule has 0 saturated carbocycles. The highest BCUT2D eigenvalue weighted by Crippen LogP contribution is 2.41. The molecule has 22 heavy (non-hydrogen) atoms. The van der Waals surface area contributed by atoms with E-state index in [1.54, 1.807) is 4.31 Å². The molecule has 1 aliphatic heterocycles. The molecule has 0 unspecified atom stereocenters. The lowest BCUT2D eigenvalue weighted by atomic mass is 9.98. The molecular weight excluding hydrogens is 296 g/mol. The molecule has 3 rings (SSSR count). The van der Waals surface area contributed by atoms with Crippen LogP contribution in [0.1, 0.15) is 48.4 Å². The van der Waals surface area contributed by atoms with Crippen LogP contribution in [-0.2, 0) is 10.0 Å². The van der Waals surface area contributed by atoms with Gasteiger partial charge in [-0.1, -0.05) is 25.1 Å². The first-order chi connectivity index (χ1) is 10.4. The Labute approximate surface area is 134 Å². The van der Waals surface area contributed by atoms with Crippen molar-refractivity contribution in [3.63, 3.8) is 0 Å². The Morgan fingerprint density at radius 1 is 1.36 bits per heavy atom. The maximum absolute atomic E-state index is 11.6. The van der Waals surface area contributed by atoms with Crippen molar-refractivity contribution in [1.82, 2.24) is 9.62 Å². The van der Waals surface area contributed by atoms with Gasteiger partial charge in [-0.2, -0.15) is 0 Å². The summed E-state index contributed by atoms with van der Waals surface area (Å²) >= 11 is 0. The normalized spacial score (nSPS) is 29.0. The van der Waals surface area contributed by atoms with Crippen LogP contribution in [0.2, 0.25) is 0 Å². The zero-order valence-electron chi connectivity index (χ0n) is 13.7. The van der Waals surface area contributed by atoms with E-state index in [2.05, 4.69) is 37.4 Å². The monoisotopic (exact) mass is 322 g/mol. The maximum atomic E-state index is 11.6. The lowest BCUT2D eigenvalue weighted by Gasteiger charge is -2.18. The minimum Gasteiger partial charge on any atom is -0.310 e. The van der Waals surface area contributed by atoms with Gasteiger partial charge in [0.2, 0.25) is 10.0 Å². The summed E-state index contributed by atoms with van der Waals surface area (Å²) in [5, 5.41) is 3.69. The molecule has 122 valence electrons. The molecule has 1 fully saturated rings. The van der Waals surface area contributed by atoms with E-state index < -0.39 is 10.0 Å². The van der Waals surface area contributed by atoms with Crippen LogP contribution in [0.4, 0.5) is 0 Å². The van der Waals surface area contributed by atoms with E-state index in [1.165, 1.54) is 22.9 Å². The summed E-state index contributed by atoms with van der Waals surface area (Å²) in [7, 11) is -3.03. The summed E-state index contributed by atoms with van der Waals surface area (Å²) in [6.07, 6.45) is 3.41. The Kier molecular flexibility index (Phi) is 4.32. The smallest absolute Gasteiger partial charge is 0.211 e. The van der Waals surface area contributed by atoms with E-state index in [0.717, 1.165) is 19.4 Å². The number of aryl methyl sites for hydroxylation is 1. The van der Waals surface area contributed by atoms with Crippen LogP contribution >= 0.6 is 0 Å². The first-order valence-electron chi connectivity index (χ1n) is 8.14. The molecule has 0 radical (unpaired) electrons. The molecule has 0 amide bonds. The third-order valence-electron chi connectivity index (χ3n) is 5.19. The summed E-state index contributed by atoms with van der Waals surface area (Å²) in [5.74, 6) is 1.03. The van der Waals surface area contributed by atoms with Crippen molar-refractivity contribution in [3.8, 4) is 0 Å². The Balaban J connectivity index is 1.62. The van der Waals surface area contributed by atoms with E-state index in [0.29, 0.717) is 31.0 Å². The zero-order valence-corrected chi connectivity index (χ0v) is 14.5. The van der Waals surface area contributed by atoms with Gasteiger partial charge < -0.3 is 5.32 Å². The fourth-order valence-corrected chi connectivity index (χ4v) is 4.96. The van der Waals surface area contributed by atoms with Crippen LogP contribution in [0.5, 0.6) is 0 Å². The zero-order chi connectivity index (χ0) is 15.9. The number of nitrogens with zero attached hydrogens (tertiary/aromatic N) is 1. The highest BCUT2D eigenvalue weighted by atomic mass is 32.2. The molecule has 1 aromatic rings. The molecule has 0 spiro atoms. The predicted molar refractivity (Wildman–Crippen MR) is 89.5 cm³/mol. The second-order valence-corrected chi connectivity index (χ2v) is 8.93. The standard InChI is InChI=1S/C17H26N2O2S/c1-12-5-4-6-15-16(9-13(2)17(12)15)18-10-14-7-8-19(11-14)22(3,20)21/h4-6,13-14,16,18H,7-11H2,1-3H3/t13-,14-,16+/m1/s1. The van der Waals surface area contributed by atoms with Crippen LogP contribution < -0.4 is 5.32 Å². The number of rotatable bonds is 4. The summed E-state index contributed by atoms with van der Waals surface area (Å²) < 4.78 is 24.8. The van der Waals surface area contributed by atoms with Gasteiger partial charge >= 0.3 is 0 Å². The van der Waals surface area contributed by atoms with Crippen molar-refractivity contribution in [2.75, 3.05) is 25.9 Å². The van der Waals surface area contributed by atoms with Gasteiger partial charge in [0.15, 0.2) is 0 Å². The molecule has 2 aliphatic rings. The molecule has 1 aliphatic carbocycles. The lowest BCUT2D eigenvalue weighted by molar-refractivity contribution is 0.417. The van der Waals surface area contributed by atoms with Crippen LogP contribution in [-0.4, -0.2) is 38.6 Å². The molecule has 1 saturated heterocycles. The second-order valence-electron chi connectivity index (χ2n) is 6.95. The second kappa shape index (κ2) is 5.95. The number of fused-ring (bicyclic) bond motifs is 1. The molecule has 1 aromatic carbocycles. The first-order valence-corrected chi connectivity index (χ1v) is 9.99. The third-order valence-corrected chi connectivity index (χ3v) is 6.46. The number of benzene rings is 1. The number of nitrogens with one attached hydrogen (secondary N) is 1. The van der Waals surface area contributed by atoms with Crippen molar-refractivity contribution < 1.29 is 8.42 Å². The van der Waals surface area contributed by atoms with Crippen LogP contribution in [0.15, 0.2) is 18.2 Å². The van der Waals surface area contributed by atoms with Gasteiger partial charge in [-0.05, 0) is 54.8 Å². The molecular formula is C17H26N2O2S. The van der Waals surface area contributed by atoms with Gasteiger partial charge in [0.05, 0.1) is 6.26 Å². The number of hydrogen-bond acceptors (Lipinski definition) is 3. The predicted octanol–water partition coefficient (Wildman–Crippen LogP) is 2.41. The molecule has 5 heteroatoms. The van der Waals surface area contributed by atoms with Gasteiger partial charge in [0.25, 0.3) is 0 Å². The SMILES string of the molecule is Cc1cccc2c1[C@H](C)C[C@@H]2NC[C@H]1CCN(S(C)(=O)=O)C1. The first kappa shape index (κ1) is 16.0. The van der Waals surface area contributed by atoms with Gasteiger partial charge in [-0.15, -0.1) is 0 Å². The highest BCUT2D eigenvalue weighted by molar-refractivity contribution is 7.88. The highest BCUT2D eigenvalue weighted by Gasteiger charge is 2.32. The van der Waals surface area contributed by atoms with E-state index in [-0.39, 0.29) is 0 Å². The summed E-state index contributed by atoms with van der Waals surface area (Å²) in [4.78, 5) is 0. The average molecular weight is 322 g/mol. The maximum Gasteiger partial charge on any atom is 0.211 e. The minimum absolute atomic E-state index is 0.414. The average Bonchev–Trinajstić information content (AvgIpc) is 3.02. The van der Waals surface area contributed by atoms with E-state index in [9.17, 15) is 8.42 Å². The summed E-state index contributed by atoms with van der Waals surface area (Å²) in [5.41, 5.74) is 4.33. The largest absolute Gasteiger partial charge is 0.310 e. The Morgan fingerprint density at radius 2 is 2.14 bits per heavy atom. The fraction of sp³-hybridized carbons (Fsp3) is 0.647. The number of sulfonamides is 1. The third kappa shape index (κ3) is 3.07. The fourth-order valence-electron chi connectivity index (χ4n) is 4.05. The molecule has 1 N–H and O–H groups in total. The molecule has 0 bridgehead atoms. The molecule has 0 aromatic heterocycles. The Bertz CT molecular complexity index is 657. The molecule has 3 atom stereocenters. The van der Waals surface area contributed by atoms with Crippen LogP contribution in [0.3, 0.4) is 0 Å². The van der Waals surface area contributed by atoms with E-state index in [1.807, 2.05) is 0 Å². The Hall–Kier alpha value is -0.910. The van der Waals surface area contributed by atoms with Crippen LogP contribution in [0.25, 0.3) is 0 Å². The summed E-state index contributed by atoms with van der Waals surface area (Å²) in [6, 6.07) is 6.98. The topological polar surface area (TPSA) is 49.4 Å². The quantitative estimate of drug-likeness (QED) is 0.926. The number of hydrogen-bond donors (Lipinski definition) is 1. The van der Waals surface area contributed by atoms with Gasteiger partial charge in [-0.3, -0.25) is 0 Å². The van der Waals surface area contributed by atoms with Crippen molar-refractivity contribution in [2.24, 2.45) is 5.92 Å². The van der Waals surface area contributed by atoms with Gasteiger partial charge in [0.1, 0.15) is 0 Å². The van der Waals surface area contributed by atoms with Crippen molar-refractivity contribution in [3.05, 3.63) is 34.9 Å². The lowest BCUT2D eigenvalue weighted by Crippen LogP contribution is -2.31.